The lowest BCUT2D eigenvalue weighted by Crippen LogP contribution is -2.55. The second-order valence-corrected chi connectivity index (χ2v) is 15.2. The van der Waals surface area contributed by atoms with Gasteiger partial charge in [-0.1, -0.05) is 145 Å². The molecule has 0 radical (unpaired) electrons. The number of nitrogens with zero attached hydrogens (tertiary/aromatic N) is 1. The number of allylic oxidation sites excluding steroid dienone is 10. The fourth-order valence-corrected chi connectivity index (χ4v) is 5.86. The molecule has 8 nitrogen and oxygen atoms in total. The second-order valence-electron chi connectivity index (χ2n) is 15.2. The Morgan fingerprint density at radius 2 is 1.04 bits per heavy atom. The van der Waals surface area contributed by atoms with Crippen LogP contribution >= 0.6 is 0 Å². The number of carboxylic acids is 1. The fraction of sp³-hybridized carbons (Fsp3) is 0.717. The van der Waals surface area contributed by atoms with Crippen molar-refractivity contribution in [3.8, 4) is 0 Å². The Morgan fingerprint density at radius 1 is 0.574 bits per heavy atom. The summed E-state index contributed by atoms with van der Waals surface area (Å²) in [6, 6.07) is -0.731. The SMILES string of the molecule is CC/C=C/C/C=C/C/C=C/C/C=C/C/C=C/CCCCCCC(=O)OC(COCCC(C(=O)[O-])[N+](C)(C)C)COC(=O)CCCCCCCCCCCC. The van der Waals surface area contributed by atoms with Gasteiger partial charge in [-0.3, -0.25) is 9.59 Å². The number of aliphatic carboxylic acids is 1. The van der Waals surface area contributed by atoms with Crippen LogP contribution in [0.4, 0.5) is 0 Å². The lowest BCUT2D eigenvalue weighted by atomic mass is 10.1. The van der Waals surface area contributed by atoms with Gasteiger partial charge < -0.3 is 28.6 Å². The number of carbonyl (C=O) groups is 3. The topological polar surface area (TPSA) is 102 Å². The Hall–Kier alpha value is -2.97. The fourth-order valence-electron chi connectivity index (χ4n) is 5.86. The van der Waals surface area contributed by atoms with E-state index in [9.17, 15) is 19.5 Å². The van der Waals surface area contributed by atoms with Crippen LogP contribution in [0.2, 0.25) is 0 Å². The number of rotatable bonds is 37. The summed E-state index contributed by atoms with van der Waals surface area (Å²) in [5.41, 5.74) is 0. The number of quaternary nitrogens is 1. The molecule has 0 aromatic carbocycles. The van der Waals surface area contributed by atoms with Gasteiger partial charge in [0.2, 0.25) is 0 Å². The summed E-state index contributed by atoms with van der Waals surface area (Å²) >= 11 is 0. The summed E-state index contributed by atoms with van der Waals surface area (Å²) in [5, 5.41) is 11.6. The highest BCUT2D eigenvalue weighted by Gasteiger charge is 2.25. The Morgan fingerprint density at radius 3 is 1.54 bits per heavy atom. The Bertz CT molecular complexity index is 1070. The van der Waals surface area contributed by atoms with E-state index in [-0.39, 0.29) is 42.7 Å². The highest BCUT2D eigenvalue weighted by molar-refractivity contribution is 5.70. The van der Waals surface area contributed by atoms with Crippen LogP contribution in [-0.2, 0) is 28.6 Å². The molecule has 0 aliphatic carbocycles. The Labute approximate surface area is 330 Å². The van der Waals surface area contributed by atoms with Gasteiger partial charge in [-0.05, 0) is 57.8 Å². The number of carbonyl (C=O) groups excluding carboxylic acids is 3. The summed E-state index contributed by atoms with van der Waals surface area (Å²) in [6.45, 7) is 4.49. The molecule has 8 heteroatoms. The van der Waals surface area contributed by atoms with Gasteiger partial charge in [-0.25, -0.2) is 0 Å². The monoisotopic (exact) mass is 758 g/mol. The molecule has 0 heterocycles. The Balaban J connectivity index is 4.39. The van der Waals surface area contributed by atoms with E-state index in [4.69, 9.17) is 14.2 Å². The van der Waals surface area contributed by atoms with E-state index in [1.54, 1.807) is 21.1 Å². The normalized spacial score (nSPS) is 13.6. The molecule has 0 aromatic rings. The minimum absolute atomic E-state index is 0.0292. The van der Waals surface area contributed by atoms with Crippen LogP contribution in [0.15, 0.2) is 60.8 Å². The van der Waals surface area contributed by atoms with Crippen molar-refractivity contribution < 1.29 is 38.2 Å². The van der Waals surface area contributed by atoms with Gasteiger partial charge in [0, 0.05) is 19.3 Å². The third kappa shape index (κ3) is 34.8. The van der Waals surface area contributed by atoms with E-state index < -0.39 is 18.1 Å². The van der Waals surface area contributed by atoms with Crippen molar-refractivity contribution in [1.29, 1.82) is 0 Å². The minimum Gasteiger partial charge on any atom is -0.544 e. The molecule has 0 N–H and O–H groups in total. The third-order valence-electron chi connectivity index (χ3n) is 9.17. The number of hydrogen-bond acceptors (Lipinski definition) is 7. The molecule has 0 amide bonds. The van der Waals surface area contributed by atoms with E-state index in [2.05, 4.69) is 74.6 Å². The molecule has 0 aromatic heterocycles. The van der Waals surface area contributed by atoms with E-state index >= 15 is 0 Å². The lowest BCUT2D eigenvalue weighted by molar-refractivity contribution is -0.889. The first-order chi connectivity index (χ1) is 26.1. The van der Waals surface area contributed by atoms with Gasteiger partial charge in [0.1, 0.15) is 12.6 Å². The molecule has 0 bridgehead atoms. The summed E-state index contributed by atoms with van der Waals surface area (Å²) in [7, 11) is 5.39. The van der Waals surface area contributed by atoms with Crippen molar-refractivity contribution in [2.75, 3.05) is 41.0 Å². The summed E-state index contributed by atoms with van der Waals surface area (Å²) in [5.74, 6) is -1.77. The zero-order chi connectivity index (χ0) is 40.0. The predicted molar refractivity (Wildman–Crippen MR) is 222 cm³/mol. The number of unbranched alkanes of at least 4 members (excludes halogenated alkanes) is 13. The molecule has 0 fully saturated rings. The molecule has 0 saturated heterocycles. The molecule has 0 rings (SSSR count). The van der Waals surface area contributed by atoms with Crippen LogP contribution in [-0.4, -0.2) is 75.5 Å². The smallest absolute Gasteiger partial charge is 0.306 e. The number of esters is 2. The van der Waals surface area contributed by atoms with Gasteiger partial charge in [0.05, 0.1) is 40.3 Å². The second kappa shape index (κ2) is 37.0. The van der Waals surface area contributed by atoms with Crippen LogP contribution in [0.25, 0.3) is 0 Å². The molecule has 0 saturated carbocycles. The quantitative estimate of drug-likeness (QED) is 0.0269. The summed E-state index contributed by atoms with van der Waals surface area (Å²) < 4.78 is 17.1. The maximum atomic E-state index is 12.7. The van der Waals surface area contributed by atoms with Crippen molar-refractivity contribution in [2.24, 2.45) is 0 Å². The lowest BCUT2D eigenvalue weighted by Gasteiger charge is -2.34. The van der Waals surface area contributed by atoms with Gasteiger partial charge in [0.15, 0.2) is 6.10 Å². The molecular formula is C46H79NO7. The number of carboxylic acid groups (broad SMARTS) is 1. The summed E-state index contributed by atoms with van der Waals surface area (Å²) in [6.07, 6.45) is 43.9. The highest BCUT2D eigenvalue weighted by atomic mass is 16.6. The van der Waals surface area contributed by atoms with Crippen molar-refractivity contribution in [3.63, 3.8) is 0 Å². The van der Waals surface area contributed by atoms with Crippen molar-refractivity contribution in [3.05, 3.63) is 60.8 Å². The molecule has 54 heavy (non-hydrogen) atoms. The Kier molecular flexibility index (Phi) is 34.9. The molecule has 0 aliphatic rings. The van der Waals surface area contributed by atoms with Crippen molar-refractivity contribution >= 4 is 17.9 Å². The molecule has 310 valence electrons. The number of ether oxygens (including phenoxy) is 3. The number of likely N-dealkylation sites (N-methyl/N-ethyl adjacent to an activating group) is 1. The third-order valence-corrected chi connectivity index (χ3v) is 9.17. The molecule has 0 aliphatic heterocycles. The first-order valence-electron chi connectivity index (χ1n) is 21.3. The number of hydrogen-bond donors (Lipinski definition) is 0. The average molecular weight is 758 g/mol. The van der Waals surface area contributed by atoms with Crippen molar-refractivity contribution in [2.45, 2.75) is 174 Å². The summed E-state index contributed by atoms with van der Waals surface area (Å²) in [4.78, 5) is 36.7. The zero-order valence-corrected chi connectivity index (χ0v) is 35.1. The predicted octanol–water partition coefficient (Wildman–Crippen LogP) is 10.1. The maximum Gasteiger partial charge on any atom is 0.306 e. The van der Waals surface area contributed by atoms with Gasteiger partial charge in [-0.2, -0.15) is 0 Å². The maximum absolute atomic E-state index is 12.7. The van der Waals surface area contributed by atoms with E-state index in [0.29, 0.717) is 12.8 Å². The zero-order valence-electron chi connectivity index (χ0n) is 35.1. The van der Waals surface area contributed by atoms with E-state index in [1.807, 2.05) is 0 Å². The molecule has 0 spiro atoms. The molecular weight excluding hydrogens is 679 g/mol. The van der Waals surface area contributed by atoms with E-state index in [0.717, 1.165) is 83.5 Å². The van der Waals surface area contributed by atoms with Gasteiger partial charge in [0.25, 0.3) is 0 Å². The van der Waals surface area contributed by atoms with Crippen LogP contribution in [0.5, 0.6) is 0 Å². The van der Waals surface area contributed by atoms with Crippen LogP contribution in [0.3, 0.4) is 0 Å². The molecule has 2 unspecified atom stereocenters. The van der Waals surface area contributed by atoms with Crippen LogP contribution < -0.4 is 5.11 Å². The van der Waals surface area contributed by atoms with Crippen LogP contribution in [0, 0.1) is 0 Å². The van der Waals surface area contributed by atoms with Crippen LogP contribution in [0.1, 0.15) is 162 Å². The first-order valence-corrected chi connectivity index (χ1v) is 21.3. The minimum atomic E-state index is -1.13. The molecule has 2 atom stereocenters. The first kappa shape index (κ1) is 51.0. The average Bonchev–Trinajstić information content (AvgIpc) is 3.12. The van der Waals surface area contributed by atoms with Crippen molar-refractivity contribution in [1.82, 2.24) is 0 Å². The van der Waals surface area contributed by atoms with Gasteiger partial charge >= 0.3 is 11.9 Å². The van der Waals surface area contributed by atoms with Gasteiger partial charge in [-0.15, -0.1) is 0 Å². The largest absolute Gasteiger partial charge is 0.544 e. The highest BCUT2D eigenvalue weighted by Crippen LogP contribution is 2.13. The standard InChI is InChI=1S/C46H79NO7/c1-6-8-10-12-14-16-18-19-20-21-22-23-24-25-26-27-29-31-33-35-37-45(49)54-42(40-52-39-38-43(46(50)51)47(3,4)5)41-53-44(48)36-34-32-30-28-17-15-13-11-9-7-2/h8,10,14,16,19-20,22-23,25-26,42-43H,6-7,9,11-13,15,17-18,21,24,27-41H2,1-5H3/b10-8+,16-14+,20-19+,23-22+,26-25+. The van der Waals surface area contributed by atoms with E-state index in [1.165, 1.54) is 44.9 Å².